The van der Waals surface area contributed by atoms with Crippen molar-refractivity contribution in [3.63, 3.8) is 0 Å². The molecule has 76 valence electrons. The van der Waals surface area contributed by atoms with Crippen LogP contribution in [0.2, 0.25) is 0 Å². The molecule has 2 unspecified atom stereocenters. The van der Waals surface area contributed by atoms with E-state index >= 15 is 0 Å². The van der Waals surface area contributed by atoms with Gasteiger partial charge >= 0.3 is 0 Å². The Morgan fingerprint density at radius 3 is 2.08 bits per heavy atom. The van der Waals surface area contributed by atoms with Crippen molar-refractivity contribution in [2.24, 2.45) is 0 Å². The zero-order valence-electron chi connectivity index (χ0n) is 9.27. The molecule has 1 rings (SSSR count). The van der Waals surface area contributed by atoms with E-state index in [9.17, 15) is 4.79 Å². The van der Waals surface area contributed by atoms with Crippen LogP contribution in [0.4, 0.5) is 0 Å². The first kappa shape index (κ1) is 10.5. The van der Waals surface area contributed by atoms with Crippen molar-refractivity contribution in [2.75, 3.05) is 7.05 Å². The number of carbonyl (C=O) groups is 1. The minimum absolute atomic E-state index is 0.154. The largest absolute Gasteiger partial charge is 0.336 e. The van der Waals surface area contributed by atoms with Gasteiger partial charge in [-0.25, -0.2) is 0 Å². The molecule has 1 N–H and O–H groups in total. The van der Waals surface area contributed by atoms with Crippen LogP contribution in [0.25, 0.3) is 0 Å². The van der Waals surface area contributed by atoms with Crippen molar-refractivity contribution in [1.29, 1.82) is 0 Å². The summed E-state index contributed by atoms with van der Waals surface area (Å²) in [5.74, 6) is 0.154. The molecule has 0 spiro atoms. The van der Waals surface area contributed by atoms with Gasteiger partial charge < -0.3 is 5.32 Å². The Morgan fingerprint density at radius 1 is 1.31 bits per heavy atom. The molecule has 1 fully saturated rings. The van der Waals surface area contributed by atoms with Crippen LogP contribution < -0.4 is 5.32 Å². The van der Waals surface area contributed by atoms with Crippen LogP contribution in [0.15, 0.2) is 0 Å². The lowest BCUT2D eigenvalue weighted by atomic mass is 9.97. The highest BCUT2D eigenvalue weighted by atomic mass is 16.2. The lowest BCUT2D eigenvalue weighted by molar-refractivity contribution is -0.125. The summed E-state index contributed by atoms with van der Waals surface area (Å²) in [4.78, 5) is 13.9. The minimum atomic E-state index is -0.329. The van der Waals surface area contributed by atoms with Crippen molar-refractivity contribution >= 4 is 5.91 Å². The van der Waals surface area contributed by atoms with Crippen LogP contribution in [0, 0.1) is 0 Å². The highest BCUT2D eigenvalue weighted by Crippen LogP contribution is 2.33. The second kappa shape index (κ2) is 2.98. The third-order valence-corrected chi connectivity index (χ3v) is 3.73. The highest BCUT2D eigenvalue weighted by Gasteiger charge is 2.51. The summed E-state index contributed by atoms with van der Waals surface area (Å²) >= 11 is 0. The molecule has 1 aliphatic rings. The van der Waals surface area contributed by atoms with Crippen molar-refractivity contribution in [1.82, 2.24) is 10.2 Å². The Balaban J connectivity index is 3.00. The third-order valence-electron chi connectivity index (χ3n) is 3.73. The van der Waals surface area contributed by atoms with E-state index in [0.29, 0.717) is 0 Å². The van der Waals surface area contributed by atoms with Crippen molar-refractivity contribution in [3.05, 3.63) is 0 Å². The molecule has 3 heteroatoms. The Labute approximate surface area is 80.5 Å². The number of hydrogen-bond acceptors (Lipinski definition) is 2. The fraction of sp³-hybridized carbons (Fsp3) is 0.900. The minimum Gasteiger partial charge on any atom is -0.336 e. The van der Waals surface area contributed by atoms with Crippen LogP contribution in [0.1, 0.15) is 40.5 Å². The van der Waals surface area contributed by atoms with Gasteiger partial charge in [0.2, 0.25) is 5.91 Å². The molecule has 3 nitrogen and oxygen atoms in total. The molecule has 1 saturated heterocycles. The first-order chi connectivity index (χ1) is 5.90. The second-order valence-corrected chi connectivity index (χ2v) is 4.27. The number of hydrogen-bond donors (Lipinski definition) is 1. The maximum atomic E-state index is 11.8. The molecule has 0 aromatic carbocycles. The van der Waals surface area contributed by atoms with E-state index in [0.717, 1.165) is 12.8 Å². The van der Waals surface area contributed by atoms with E-state index in [4.69, 9.17) is 0 Å². The normalized spacial score (nSPS) is 40.8. The van der Waals surface area contributed by atoms with E-state index in [-0.39, 0.29) is 17.1 Å². The number of amides is 1. The SMILES string of the molecule is CCC1(C)NC(=O)C(C)(CC)N1C. The predicted octanol–water partition coefficient (Wildman–Crippen LogP) is 1.34. The Kier molecular flexibility index (Phi) is 2.41. The highest BCUT2D eigenvalue weighted by molar-refractivity contribution is 5.88. The monoisotopic (exact) mass is 184 g/mol. The molecule has 0 radical (unpaired) electrons. The first-order valence-electron chi connectivity index (χ1n) is 4.97. The molecular weight excluding hydrogens is 164 g/mol. The third kappa shape index (κ3) is 1.26. The average Bonchev–Trinajstić information content (AvgIpc) is 2.29. The van der Waals surface area contributed by atoms with Gasteiger partial charge in [0, 0.05) is 0 Å². The van der Waals surface area contributed by atoms with E-state index in [1.807, 2.05) is 14.0 Å². The van der Waals surface area contributed by atoms with Crippen molar-refractivity contribution < 1.29 is 4.79 Å². The van der Waals surface area contributed by atoms with Crippen molar-refractivity contribution in [3.8, 4) is 0 Å². The van der Waals surface area contributed by atoms with Gasteiger partial charge in [-0.3, -0.25) is 9.69 Å². The summed E-state index contributed by atoms with van der Waals surface area (Å²) in [5.41, 5.74) is -0.493. The van der Waals surface area contributed by atoms with Crippen LogP contribution in [-0.4, -0.2) is 29.1 Å². The summed E-state index contributed by atoms with van der Waals surface area (Å²) < 4.78 is 0. The lowest BCUT2D eigenvalue weighted by Gasteiger charge is -2.37. The van der Waals surface area contributed by atoms with Gasteiger partial charge in [-0.15, -0.1) is 0 Å². The number of nitrogens with one attached hydrogen (secondary N) is 1. The molecule has 1 amide bonds. The van der Waals surface area contributed by atoms with E-state index in [1.165, 1.54) is 0 Å². The van der Waals surface area contributed by atoms with Gasteiger partial charge in [0.25, 0.3) is 0 Å². The lowest BCUT2D eigenvalue weighted by Crippen LogP contribution is -2.51. The van der Waals surface area contributed by atoms with E-state index in [1.54, 1.807) is 0 Å². The second-order valence-electron chi connectivity index (χ2n) is 4.27. The molecule has 0 saturated carbocycles. The number of carbonyl (C=O) groups excluding carboxylic acids is 1. The van der Waals surface area contributed by atoms with Crippen LogP contribution in [0.3, 0.4) is 0 Å². The summed E-state index contributed by atoms with van der Waals surface area (Å²) in [7, 11) is 2.02. The fourth-order valence-electron chi connectivity index (χ4n) is 1.88. The Hall–Kier alpha value is -0.570. The van der Waals surface area contributed by atoms with E-state index < -0.39 is 0 Å². The number of rotatable bonds is 2. The summed E-state index contributed by atoms with van der Waals surface area (Å²) in [5, 5.41) is 3.06. The smallest absolute Gasteiger partial charge is 0.241 e. The molecule has 0 aromatic rings. The molecule has 13 heavy (non-hydrogen) atoms. The average molecular weight is 184 g/mol. The van der Waals surface area contributed by atoms with Crippen LogP contribution >= 0.6 is 0 Å². The number of nitrogens with zero attached hydrogens (tertiary/aromatic N) is 1. The maximum absolute atomic E-state index is 11.8. The maximum Gasteiger partial charge on any atom is 0.241 e. The molecular formula is C10H20N2O. The first-order valence-corrected chi connectivity index (χ1v) is 4.97. The molecule has 0 aromatic heterocycles. The Bertz CT molecular complexity index is 229. The fourth-order valence-corrected chi connectivity index (χ4v) is 1.88. The van der Waals surface area contributed by atoms with Gasteiger partial charge in [0.15, 0.2) is 0 Å². The van der Waals surface area contributed by atoms with Gasteiger partial charge in [-0.1, -0.05) is 13.8 Å². The molecule has 2 atom stereocenters. The Morgan fingerprint density at radius 2 is 1.85 bits per heavy atom. The zero-order valence-corrected chi connectivity index (χ0v) is 9.27. The van der Waals surface area contributed by atoms with Crippen molar-refractivity contribution in [2.45, 2.75) is 51.7 Å². The van der Waals surface area contributed by atoms with Crippen LogP contribution in [0.5, 0.6) is 0 Å². The standard InChI is InChI=1S/C10H20N2O/c1-6-9(3)8(13)11-10(4,7-2)12(9)5/h6-7H2,1-5H3,(H,11,13). The molecule has 0 bridgehead atoms. The van der Waals surface area contributed by atoms with Crippen LogP contribution in [-0.2, 0) is 4.79 Å². The summed E-state index contributed by atoms with van der Waals surface area (Å²) in [6, 6.07) is 0. The zero-order chi connectivity index (χ0) is 10.3. The summed E-state index contributed by atoms with van der Waals surface area (Å²) in [6.45, 7) is 8.23. The molecule has 0 aliphatic carbocycles. The van der Waals surface area contributed by atoms with Gasteiger partial charge in [0.05, 0.1) is 11.2 Å². The molecule has 1 heterocycles. The van der Waals surface area contributed by atoms with Gasteiger partial charge in [0.1, 0.15) is 0 Å². The van der Waals surface area contributed by atoms with E-state index in [2.05, 4.69) is 31.0 Å². The predicted molar refractivity (Wildman–Crippen MR) is 53.3 cm³/mol. The van der Waals surface area contributed by atoms with Gasteiger partial charge in [-0.2, -0.15) is 0 Å². The quantitative estimate of drug-likeness (QED) is 0.702. The van der Waals surface area contributed by atoms with Gasteiger partial charge in [-0.05, 0) is 33.7 Å². The number of likely N-dealkylation sites (N-methyl/N-ethyl adjacent to an activating group) is 1. The molecule has 1 aliphatic heterocycles. The summed E-state index contributed by atoms with van der Waals surface area (Å²) in [6.07, 6.45) is 1.79. The topological polar surface area (TPSA) is 32.3 Å².